The number of hydrogen-bond acceptors (Lipinski definition) is 7. The molecule has 29 heavy (non-hydrogen) atoms. The Labute approximate surface area is 166 Å². The Morgan fingerprint density at radius 1 is 1.14 bits per heavy atom. The van der Waals surface area contributed by atoms with E-state index in [0.717, 1.165) is 31.3 Å². The zero-order valence-corrected chi connectivity index (χ0v) is 15.8. The van der Waals surface area contributed by atoms with Crippen molar-refractivity contribution in [3.05, 3.63) is 58.1 Å². The van der Waals surface area contributed by atoms with E-state index in [4.69, 9.17) is 4.42 Å². The molecule has 2 aromatic rings. The normalized spacial score (nSPS) is 17.8. The number of pyridine rings is 1. The van der Waals surface area contributed by atoms with Crippen LogP contribution in [0.1, 0.15) is 16.1 Å². The van der Waals surface area contributed by atoms with E-state index < -0.39 is 16.7 Å². The Morgan fingerprint density at radius 2 is 1.90 bits per heavy atom. The number of aromatic nitrogens is 1. The smallest absolute Gasteiger partial charge is 0.395 e. The lowest BCUT2D eigenvalue weighted by atomic mass is 9.97. The monoisotopic (exact) mass is 399 g/mol. The van der Waals surface area contributed by atoms with Gasteiger partial charge in [0.1, 0.15) is 4.92 Å². The number of nitro groups is 1. The molecule has 0 spiro atoms. The van der Waals surface area contributed by atoms with E-state index in [1.165, 1.54) is 11.0 Å². The van der Waals surface area contributed by atoms with Crippen molar-refractivity contribution >= 4 is 17.7 Å². The van der Waals surface area contributed by atoms with Crippen molar-refractivity contribution in [3.8, 4) is 0 Å². The summed E-state index contributed by atoms with van der Waals surface area (Å²) in [5.41, 5.74) is 1.15. The molecule has 0 unspecified atom stereocenters. The summed E-state index contributed by atoms with van der Waals surface area (Å²) in [6, 6.07) is 6.40. The van der Waals surface area contributed by atoms with Crippen LogP contribution in [0.3, 0.4) is 0 Å². The van der Waals surface area contributed by atoms with Crippen molar-refractivity contribution < 1.29 is 18.9 Å². The number of rotatable bonds is 5. The predicted molar refractivity (Wildman–Crippen MR) is 101 cm³/mol. The molecule has 2 saturated heterocycles. The van der Waals surface area contributed by atoms with Gasteiger partial charge in [-0.3, -0.25) is 29.6 Å². The first-order chi connectivity index (χ1) is 14.0. The molecular formula is C19H21N5O5. The highest BCUT2D eigenvalue weighted by Gasteiger charge is 2.40. The van der Waals surface area contributed by atoms with Gasteiger partial charge in [-0.1, -0.05) is 6.07 Å². The molecule has 10 nitrogen and oxygen atoms in total. The van der Waals surface area contributed by atoms with E-state index in [2.05, 4.69) is 9.88 Å². The minimum atomic E-state index is -0.687. The first-order valence-corrected chi connectivity index (χ1v) is 9.45. The highest BCUT2D eigenvalue weighted by atomic mass is 16.6. The van der Waals surface area contributed by atoms with Crippen molar-refractivity contribution in [2.75, 3.05) is 39.3 Å². The molecule has 0 saturated carbocycles. The van der Waals surface area contributed by atoms with Crippen LogP contribution in [0.15, 0.2) is 41.1 Å². The Hall–Kier alpha value is -3.27. The van der Waals surface area contributed by atoms with E-state index in [-0.39, 0.29) is 17.6 Å². The summed E-state index contributed by atoms with van der Waals surface area (Å²) < 4.78 is 4.94. The van der Waals surface area contributed by atoms with Crippen molar-refractivity contribution in [1.82, 2.24) is 19.7 Å². The van der Waals surface area contributed by atoms with Crippen LogP contribution in [0.25, 0.3) is 0 Å². The number of carbonyl (C=O) groups is 2. The topological polar surface area (TPSA) is 113 Å². The molecule has 0 bridgehead atoms. The first-order valence-electron chi connectivity index (χ1n) is 9.45. The summed E-state index contributed by atoms with van der Waals surface area (Å²) in [6.07, 6.45) is 3.60. The molecule has 2 aromatic heterocycles. The molecule has 0 radical (unpaired) electrons. The van der Waals surface area contributed by atoms with Crippen LogP contribution < -0.4 is 0 Å². The minimum Gasteiger partial charge on any atom is -0.395 e. The SMILES string of the molecule is O=C(c1ccc([N+](=O)[O-])o1)N1CC(C(=O)N2CCN(Cc3cccnc3)CC2)C1. The van der Waals surface area contributed by atoms with Gasteiger partial charge in [0.15, 0.2) is 5.76 Å². The van der Waals surface area contributed by atoms with Gasteiger partial charge in [0.05, 0.1) is 12.0 Å². The standard InChI is InChI=1S/C19H21N5O5/c25-18(22-8-6-21(7-9-22)11-14-2-1-5-20-10-14)15-12-23(13-15)19(26)16-3-4-17(29-16)24(27)28/h1-5,10,15H,6-9,11-13H2. The molecular weight excluding hydrogens is 378 g/mol. The van der Waals surface area contributed by atoms with Crippen LogP contribution in [-0.2, 0) is 11.3 Å². The number of amides is 2. The van der Waals surface area contributed by atoms with Crippen LogP contribution in [0.2, 0.25) is 0 Å². The fourth-order valence-corrected chi connectivity index (χ4v) is 3.63. The third-order valence-corrected chi connectivity index (χ3v) is 5.31. The van der Waals surface area contributed by atoms with Gasteiger partial charge in [0.2, 0.25) is 5.91 Å². The number of likely N-dealkylation sites (tertiary alicyclic amines) is 1. The molecule has 0 atom stereocenters. The van der Waals surface area contributed by atoms with Crippen molar-refractivity contribution in [2.45, 2.75) is 6.54 Å². The second kappa shape index (κ2) is 8.00. The second-order valence-corrected chi connectivity index (χ2v) is 7.26. The molecule has 2 aliphatic rings. The first kappa shape index (κ1) is 19.1. The van der Waals surface area contributed by atoms with Crippen LogP contribution in [0, 0.1) is 16.0 Å². The van der Waals surface area contributed by atoms with Crippen molar-refractivity contribution in [1.29, 1.82) is 0 Å². The molecule has 152 valence electrons. The maximum absolute atomic E-state index is 12.7. The van der Waals surface area contributed by atoms with E-state index in [0.29, 0.717) is 26.2 Å². The maximum Gasteiger partial charge on any atom is 0.433 e. The average molecular weight is 399 g/mol. The molecule has 0 N–H and O–H groups in total. The Bertz CT molecular complexity index is 901. The van der Waals surface area contributed by atoms with E-state index in [1.54, 1.807) is 6.20 Å². The predicted octanol–water partition coefficient (Wildman–Crippen LogP) is 0.999. The minimum absolute atomic E-state index is 0.0560. The van der Waals surface area contributed by atoms with E-state index in [9.17, 15) is 19.7 Å². The lowest BCUT2D eigenvalue weighted by Gasteiger charge is -2.42. The van der Waals surface area contributed by atoms with Gasteiger partial charge in [-0.15, -0.1) is 0 Å². The van der Waals surface area contributed by atoms with Gasteiger partial charge in [-0.05, 0) is 17.7 Å². The zero-order valence-electron chi connectivity index (χ0n) is 15.8. The van der Waals surface area contributed by atoms with Crippen molar-refractivity contribution in [2.24, 2.45) is 5.92 Å². The highest BCUT2D eigenvalue weighted by Crippen LogP contribution is 2.24. The molecule has 2 aliphatic heterocycles. The lowest BCUT2D eigenvalue weighted by molar-refractivity contribution is -0.402. The number of carbonyl (C=O) groups excluding carboxylic acids is 2. The van der Waals surface area contributed by atoms with Gasteiger partial charge in [-0.25, -0.2) is 0 Å². The second-order valence-electron chi connectivity index (χ2n) is 7.26. The maximum atomic E-state index is 12.7. The van der Waals surface area contributed by atoms with Crippen LogP contribution in [0.4, 0.5) is 5.88 Å². The van der Waals surface area contributed by atoms with Gasteiger partial charge in [0.25, 0.3) is 5.91 Å². The third-order valence-electron chi connectivity index (χ3n) is 5.31. The zero-order chi connectivity index (χ0) is 20.4. The van der Waals surface area contributed by atoms with E-state index >= 15 is 0 Å². The van der Waals surface area contributed by atoms with Crippen molar-refractivity contribution in [3.63, 3.8) is 0 Å². The molecule has 2 fully saturated rings. The molecule has 0 aliphatic carbocycles. The molecule has 2 amide bonds. The van der Waals surface area contributed by atoms with Gasteiger partial charge in [-0.2, -0.15) is 0 Å². The summed E-state index contributed by atoms with van der Waals surface area (Å²) in [5.74, 6) is -1.14. The van der Waals surface area contributed by atoms with E-state index in [1.807, 2.05) is 23.2 Å². The molecule has 0 aromatic carbocycles. The highest BCUT2D eigenvalue weighted by molar-refractivity contribution is 5.94. The van der Waals surface area contributed by atoms with Crippen LogP contribution >= 0.6 is 0 Å². The van der Waals surface area contributed by atoms with Gasteiger partial charge in [0, 0.05) is 58.2 Å². The quantitative estimate of drug-likeness (QED) is 0.544. The fourth-order valence-electron chi connectivity index (χ4n) is 3.63. The van der Waals surface area contributed by atoms with Gasteiger partial charge < -0.3 is 14.2 Å². The largest absolute Gasteiger partial charge is 0.433 e. The average Bonchev–Trinajstić information content (AvgIpc) is 3.19. The van der Waals surface area contributed by atoms with Gasteiger partial charge >= 0.3 is 5.88 Å². The Kier molecular flexibility index (Phi) is 5.26. The number of furan rings is 1. The summed E-state index contributed by atoms with van der Waals surface area (Å²) in [5, 5.41) is 10.7. The number of hydrogen-bond donors (Lipinski definition) is 0. The fraction of sp³-hybridized carbons (Fsp3) is 0.421. The Morgan fingerprint density at radius 3 is 2.52 bits per heavy atom. The number of nitrogens with zero attached hydrogens (tertiary/aromatic N) is 5. The molecule has 4 rings (SSSR count). The van der Waals surface area contributed by atoms with Crippen LogP contribution in [0.5, 0.6) is 0 Å². The molecule has 10 heteroatoms. The summed E-state index contributed by atoms with van der Waals surface area (Å²) >= 11 is 0. The summed E-state index contributed by atoms with van der Waals surface area (Å²) in [4.78, 5) is 44.7. The number of piperazine rings is 1. The molecule has 4 heterocycles. The summed E-state index contributed by atoms with van der Waals surface area (Å²) in [6.45, 7) is 4.35. The Balaban J connectivity index is 1.23. The third kappa shape index (κ3) is 4.11. The summed E-state index contributed by atoms with van der Waals surface area (Å²) in [7, 11) is 0. The van der Waals surface area contributed by atoms with Crippen LogP contribution in [-0.4, -0.2) is 75.7 Å². The lowest BCUT2D eigenvalue weighted by Crippen LogP contribution is -2.59.